The molecule has 1 N–H and O–H groups in total. The Labute approximate surface area is 112 Å². The fourth-order valence-corrected chi connectivity index (χ4v) is 3.78. The molecule has 2 rings (SSSR count). The second kappa shape index (κ2) is 5.19. The van der Waals surface area contributed by atoms with E-state index in [1.165, 1.54) is 25.2 Å². The molecule has 1 fully saturated rings. The predicted octanol–water partition coefficient (Wildman–Crippen LogP) is 1.75. The molecule has 0 aliphatic heterocycles. The van der Waals surface area contributed by atoms with Crippen molar-refractivity contribution in [3.05, 3.63) is 30.1 Å². The molecule has 6 heteroatoms. The Morgan fingerprint density at radius 3 is 2.58 bits per heavy atom. The third kappa shape index (κ3) is 3.13. The lowest BCUT2D eigenvalue weighted by Crippen LogP contribution is -2.41. The van der Waals surface area contributed by atoms with E-state index in [1.54, 1.807) is 0 Å². The lowest BCUT2D eigenvalue weighted by molar-refractivity contribution is 0.0333. The molecular formula is C13H18FNO3S. The second-order valence-corrected chi connectivity index (χ2v) is 7.19. The minimum Gasteiger partial charge on any atom is -0.389 e. The molecule has 0 heterocycles. The fraction of sp³-hybridized carbons (Fsp3) is 0.538. The van der Waals surface area contributed by atoms with Gasteiger partial charge in [0.25, 0.3) is 0 Å². The van der Waals surface area contributed by atoms with Crippen LogP contribution in [-0.4, -0.2) is 37.0 Å². The lowest BCUT2D eigenvalue weighted by Gasteiger charge is -2.28. The lowest BCUT2D eigenvalue weighted by atomic mass is 10.0. The van der Waals surface area contributed by atoms with Crippen molar-refractivity contribution in [3.63, 3.8) is 0 Å². The third-order valence-electron chi connectivity index (χ3n) is 3.56. The zero-order valence-corrected chi connectivity index (χ0v) is 11.7. The maximum absolute atomic E-state index is 13.1. The number of benzene rings is 1. The van der Waals surface area contributed by atoms with Gasteiger partial charge >= 0.3 is 0 Å². The monoisotopic (exact) mass is 287 g/mol. The van der Waals surface area contributed by atoms with Gasteiger partial charge in [-0.3, -0.25) is 0 Å². The number of aliphatic hydroxyl groups is 1. The van der Waals surface area contributed by atoms with Crippen molar-refractivity contribution >= 4 is 10.0 Å². The summed E-state index contributed by atoms with van der Waals surface area (Å²) in [5.41, 5.74) is -0.949. The molecule has 0 bridgehead atoms. The van der Waals surface area contributed by atoms with Crippen LogP contribution in [0.4, 0.5) is 4.39 Å². The highest BCUT2D eigenvalue weighted by Gasteiger charge is 2.35. The zero-order valence-electron chi connectivity index (χ0n) is 10.8. The third-order valence-corrected chi connectivity index (χ3v) is 5.35. The van der Waals surface area contributed by atoms with Gasteiger partial charge in [0, 0.05) is 13.6 Å². The van der Waals surface area contributed by atoms with E-state index in [2.05, 4.69) is 0 Å². The number of likely N-dealkylation sites (N-methyl/N-ethyl adjacent to an activating group) is 1. The summed E-state index contributed by atoms with van der Waals surface area (Å²) in [6, 6.07) is 4.90. The van der Waals surface area contributed by atoms with Gasteiger partial charge in [-0.15, -0.1) is 0 Å². The van der Waals surface area contributed by atoms with Crippen molar-refractivity contribution in [2.45, 2.75) is 36.2 Å². The number of hydrogen-bond donors (Lipinski definition) is 1. The smallest absolute Gasteiger partial charge is 0.243 e. The van der Waals surface area contributed by atoms with Crippen LogP contribution in [0.15, 0.2) is 29.2 Å². The van der Waals surface area contributed by atoms with Gasteiger partial charge in [-0.05, 0) is 31.0 Å². The molecule has 106 valence electrons. The number of halogens is 1. The van der Waals surface area contributed by atoms with Crippen LogP contribution in [0.3, 0.4) is 0 Å². The van der Waals surface area contributed by atoms with Crippen LogP contribution in [0.25, 0.3) is 0 Å². The van der Waals surface area contributed by atoms with Gasteiger partial charge in [0.1, 0.15) is 5.82 Å². The van der Waals surface area contributed by atoms with E-state index in [4.69, 9.17) is 0 Å². The highest BCUT2D eigenvalue weighted by Crippen LogP contribution is 2.31. The Bertz CT molecular complexity index is 553. The van der Waals surface area contributed by atoms with Gasteiger partial charge in [-0.2, -0.15) is 4.31 Å². The van der Waals surface area contributed by atoms with Crippen LogP contribution >= 0.6 is 0 Å². The van der Waals surface area contributed by atoms with Crippen LogP contribution in [0.1, 0.15) is 25.7 Å². The minimum absolute atomic E-state index is 0.0475. The van der Waals surface area contributed by atoms with Crippen molar-refractivity contribution in [2.24, 2.45) is 0 Å². The van der Waals surface area contributed by atoms with Crippen LogP contribution in [0, 0.1) is 5.82 Å². The van der Waals surface area contributed by atoms with Crippen LogP contribution in [0.5, 0.6) is 0 Å². The van der Waals surface area contributed by atoms with E-state index < -0.39 is 21.4 Å². The molecule has 1 aromatic rings. The molecule has 0 amide bonds. The number of hydrogen-bond acceptors (Lipinski definition) is 3. The maximum atomic E-state index is 13.1. The van der Waals surface area contributed by atoms with Gasteiger partial charge in [-0.25, -0.2) is 12.8 Å². The summed E-state index contributed by atoms with van der Waals surface area (Å²) in [4.78, 5) is -0.0865. The number of nitrogens with zero attached hydrogens (tertiary/aromatic N) is 1. The maximum Gasteiger partial charge on any atom is 0.243 e. The average Bonchev–Trinajstić information content (AvgIpc) is 2.75. The van der Waals surface area contributed by atoms with E-state index >= 15 is 0 Å². The molecular weight excluding hydrogens is 269 g/mol. The normalized spacial score (nSPS) is 18.9. The SMILES string of the molecule is CN(CC1(O)CCCC1)S(=O)(=O)c1cccc(F)c1. The van der Waals surface area contributed by atoms with Gasteiger partial charge in [0.05, 0.1) is 10.5 Å². The molecule has 19 heavy (non-hydrogen) atoms. The first-order valence-electron chi connectivity index (χ1n) is 6.28. The number of rotatable bonds is 4. The van der Waals surface area contributed by atoms with Gasteiger partial charge in [0.15, 0.2) is 0 Å². The average molecular weight is 287 g/mol. The summed E-state index contributed by atoms with van der Waals surface area (Å²) >= 11 is 0. The molecule has 1 aliphatic rings. The van der Waals surface area contributed by atoms with Crippen molar-refractivity contribution < 1.29 is 17.9 Å². The first-order chi connectivity index (χ1) is 8.83. The van der Waals surface area contributed by atoms with Crippen molar-refractivity contribution in [1.82, 2.24) is 4.31 Å². The Kier molecular flexibility index (Phi) is 3.94. The highest BCUT2D eigenvalue weighted by atomic mass is 32.2. The molecule has 1 aliphatic carbocycles. The molecule has 0 saturated heterocycles. The minimum atomic E-state index is -3.75. The first kappa shape index (κ1) is 14.4. The van der Waals surface area contributed by atoms with E-state index in [1.807, 2.05) is 0 Å². The second-order valence-electron chi connectivity index (χ2n) is 5.15. The Morgan fingerprint density at radius 2 is 2.00 bits per heavy atom. The van der Waals surface area contributed by atoms with Gasteiger partial charge in [-0.1, -0.05) is 18.9 Å². The molecule has 0 aromatic heterocycles. The topological polar surface area (TPSA) is 57.6 Å². The van der Waals surface area contributed by atoms with Crippen molar-refractivity contribution in [1.29, 1.82) is 0 Å². The van der Waals surface area contributed by atoms with Crippen molar-refractivity contribution in [3.8, 4) is 0 Å². The van der Waals surface area contributed by atoms with E-state index in [0.29, 0.717) is 12.8 Å². The highest BCUT2D eigenvalue weighted by molar-refractivity contribution is 7.89. The summed E-state index contributed by atoms with van der Waals surface area (Å²) < 4.78 is 38.7. The zero-order chi connectivity index (χ0) is 14.1. The van der Waals surface area contributed by atoms with Gasteiger partial charge in [0.2, 0.25) is 10.0 Å². The molecule has 4 nitrogen and oxygen atoms in total. The van der Waals surface area contributed by atoms with E-state index in [9.17, 15) is 17.9 Å². The molecule has 0 radical (unpaired) electrons. The molecule has 1 aromatic carbocycles. The van der Waals surface area contributed by atoms with E-state index in [0.717, 1.165) is 23.2 Å². The quantitative estimate of drug-likeness (QED) is 0.918. The Balaban J connectivity index is 2.19. The van der Waals surface area contributed by atoms with E-state index in [-0.39, 0.29) is 11.4 Å². The van der Waals surface area contributed by atoms with Crippen LogP contribution < -0.4 is 0 Å². The standard InChI is InChI=1S/C13H18FNO3S/c1-15(10-13(16)7-2-3-8-13)19(17,18)12-6-4-5-11(14)9-12/h4-6,9,16H,2-3,7-8,10H2,1H3. The van der Waals surface area contributed by atoms with Crippen molar-refractivity contribution in [2.75, 3.05) is 13.6 Å². The van der Waals surface area contributed by atoms with Crippen LogP contribution in [0.2, 0.25) is 0 Å². The first-order valence-corrected chi connectivity index (χ1v) is 7.72. The Hall–Kier alpha value is -0.980. The summed E-state index contributed by atoms with van der Waals surface area (Å²) in [5, 5.41) is 10.2. The summed E-state index contributed by atoms with van der Waals surface area (Å²) in [6.45, 7) is 0.0475. The summed E-state index contributed by atoms with van der Waals surface area (Å²) in [6.07, 6.45) is 3.03. The molecule has 0 atom stereocenters. The summed E-state index contributed by atoms with van der Waals surface area (Å²) in [5.74, 6) is -0.589. The Morgan fingerprint density at radius 1 is 1.37 bits per heavy atom. The molecule has 0 unspecified atom stereocenters. The largest absolute Gasteiger partial charge is 0.389 e. The number of sulfonamides is 1. The molecule has 0 spiro atoms. The summed E-state index contributed by atoms with van der Waals surface area (Å²) in [7, 11) is -2.34. The predicted molar refractivity (Wildman–Crippen MR) is 69.6 cm³/mol. The fourth-order valence-electron chi connectivity index (χ4n) is 2.50. The van der Waals surface area contributed by atoms with Gasteiger partial charge < -0.3 is 5.11 Å². The molecule has 1 saturated carbocycles. The van der Waals surface area contributed by atoms with Crippen LogP contribution in [-0.2, 0) is 10.0 Å².